The topological polar surface area (TPSA) is 106 Å². The van der Waals surface area contributed by atoms with E-state index in [1.54, 1.807) is 24.7 Å². The highest BCUT2D eigenvalue weighted by atomic mass is 15.1. The van der Waals surface area contributed by atoms with Crippen LogP contribution in [0.2, 0.25) is 0 Å². The molecule has 0 amide bonds. The van der Waals surface area contributed by atoms with Gasteiger partial charge in [-0.2, -0.15) is 5.10 Å². The van der Waals surface area contributed by atoms with Crippen LogP contribution in [0.1, 0.15) is 0 Å². The van der Waals surface area contributed by atoms with Gasteiger partial charge in [-0.15, -0.1) is 0 Å². The minimum atomic E-state index is 0.436. The largest absolute Gasteiger partial charge is 0.397 e. The zero-order chi connectivity index (χ0) is 11.8. The minimum Gasteiger partial charge on any atom is -0.397 e. The molecular weight excluding hydrogens is 216 g/mol. The van der Waals surface area contributed by atoms with Crippen LogP contribution in [0.3, 0.4) is 0 Å². The van der Waals surface area contributed by atoms with Crippen LogP contribution in [0.25, 0.3) is 22.2 Å². The molecule has 0 aliphatic rings. The molecule has 0 aliphatic carbocycles. The third-order valence-corrected chi connectivity index (χ3v) is 2.53. The van der Waals surface area contributed by atoms with E-state index in [-0.39, 0.29) is 0 Å². The Kier molecular flexibility index (Phi) is 1.94. The van der Waals surface area contributed by atoms with Gasteiger partial charge in [-0.3, -0.25) is 10.1 Å². The SMILES string of the molecule is Nc1cnc2cc(-c3cn[nH]c3)c(N)nc2c1. The van der Waals surface area contributed by atoms with Gasteiger partial charge in [0.25, 0.3) is 0 Å². The molecule has 5 N–H and O–H groups in total. The van der Waals surface area contributed by atoms with Crippen LogP contribution in [-0.4, -0.2) is 20.2 Å². The Morgan fingerprint density at radius 1 is 1.06 bits per heavy atom. The van der Waals surface area contributed by atoms with Gasteiger partial charge in [-0.05, 0) is 12.1 Å². The fraction of sp³-hybridized carbons (Fsp3) is 0. The van der Waals surface area contributed by atoms with Gasteiger partial charge < -0.3 is 11.5 Å². The first-order valence-electron chi connectivity index (χ1n) is 5.05. The summed E-state index contributed by atoms with van der Waals surface area (Å²) in [7, 11) is 0. The Bertz CT molecular complexity index is 674. The highest BCUT2D eigenvalue weighted by Gasteiger charge is 2.08. The Labute approximate surface area is 96.7 Å². The summed E-state index contributed by atoms with van der Waals surface area (Å²) in [5.41, 5.74) is 15.3. The number of hydrogen-bond acceptors (Lipinski definition) is 5. The summed E-state index contributed by atoms with van der Waals surface area (Å²) >= 11 is 0. The van der Waals surface area contributed by atoms with E-state index in [2.05, 4.69) is 20.2 Å². The summed E-state index contributed by atoms with van der Waals surface area (Å²) in [6.07, 6.45) is 5.05. The van der Waals surface area contributed by atoms with Crippen molar-refractivity contribution in [3.05, 3.63) is 30.7 Å². The molecule has 6 nitrogen and oxygen atoms in total. The second kappa shape index (κ2) is 3.44. The summed E-state index contributed by atoms with van der Waals surface area (Å²) in [6, 6.07) is 3.62. The summed E-state index contributed by atoms with van der Waals surface area (Å²) in [4.78, 5) is 8.50. The molecule has 0 fully saturated rings. The van der Waals surface area contributed by atoms with Crippen molar-refractivity contribution >= 4 is 22.5 Å². The van der Waals surface area contributed by atoms with Crippen LogP contribution in [0.5, 0.6) is 0 Å². The van der Waals surface area contributed by atoms with Crippen LogP contribution in [0.15, 0.2) is 30.7 Å². The zero-order valence-electron chi connectivity index (χ0n) is 8.88. The average molecular weight is 226 g/mol. The standard InChI is InChI=1S/C11H10N6/c12-7-1-10-9(14-5-7)2-8(11(13)17-10)6-3-15-16-4-6/h1-5H,12H2,(H2,13,17)(H,15,16). The van der Waals surface area contributed by atoms with Crippen molar-refractivity contribution in [2.75, 3.05) is 11.5 Å². The molecule has 0 saturated heterocycles. The monoisotopic (exact) mass is 226 g/mol. The molecule has 0 radical (unpaired) electrons. The van der Waals surface area contributed by atoms with E-state index in [0.717, 1.165) is 16.6 Å². The van der Waals surface area contributed by atoms with Crippen molar-refractivity contribution in [2.24, 2.45) is 0 Å². The molecule has 3 rings (SSSR count). The molecule has 3 heterocycles. The number of rotatable bonds is 1. The number of fused-ring (bicyclic) bond motifs is 1. The molecular formula is C11H10N6. The smallest absolute Gasteiger partial charge is 0.132 e. The molecule has 17 heavy (non-hydrogen) atoms. The van der Waals surface area contributed by atoms with Crippen LogP contribution in [-0.2, 0) is 0 Å². The molecule has 0 bridgehead atoms. The normalized spacial score (nSPS) is 10.8. The first-order chi connectivity index (χ1) is 8.24. The Morgan fingerprint density at radius 3 is 2.71 bits per heavy atom. The second-order valence-electron chi connectivity index (χ2n) is 3.72. The zero-order valence-corrected chi connectivity index (χ0v) is 8.88. The van der Waals surface area contributed by atoms with Gasteiger partial charge >= 0.3 is 0 Å². The van der Waals surface area contributed by atoms with Crippen LogP contribution in [0, 0.1) is 0 Å². The number of nitrogens with two attached hydrogens (primary N) is 2. The molecule has 0 atom stereocenters. The summed E-state index contributed by atoms with van der Waals surface area (Å²) < 4.78 is 0. The molecule has 0 saturated carbocycles. The van der Waals surface area contributed by atoms with Gasteiger partial charge in [-0.25, -0.2) is 4.98 Å². The molecule has 3 aromatic rings. The maximum Gasteiger partial charge on any atom is 0.132 e. The fourth-order valence-electron chi connectivity index (χ4n) is 1.71. The van der Waals surface area contributed by atoms with Crippen molar-refractivity contribution in [1.29, 1.82) is 0 Å². The van der Waals surface area contributed by atoms with Gasteiger partial charge in [0, 0.05) is 17.3 Å². The predicted octanol–water partition coefficient (Wildman–Crippen LogP) is 1.18. The van der Waals surface area contributed by atoms with Crippen molar-refractivity contribution in [3.8, 4) is 11.1 Å². The Hall–Kier alpha value is -2.63. The van der Waals surface area contributed by atoms with E-state index in [1.165, 1.54) is 0 Å². The molecule has 84 valence electrons. The lowest BCUT2D eigenvalue weighted by Gasteiger charge is -2.05. The molecule has 6 heteroatoms. The number of nitrogen functional groups attached to an aromatic ring is 2. The van der Waals surface area contributed by atoms with Gasteiger partial charge in [0.15, 0.2) is 0 Å². The number of nitrogens with one attached hydrogen (secondary N) is 1. The summed E-state index contributed by atoms with van der Waals surface area (Å²) in [5, 5.41) is 6.62. The first kappa shape index (κ1) is 9.59. The van der Waals surface area contributed by atoms with Gasteiger partial charge in [-0.1, -0.05) is 0 Å². The maximum absolute atomic E-state index is 5.91. The number of H-pyrrole nitrogens is 1. The van der Waals surface area contributed by atoms with Crippen LogP contribution >= 0.6 is 0 Å². The molecule has 0 spiro atoms. The van der Waals surface area contributed by atoms with Crippen molar-refractivity contribution in [3.63, 3.8) is 0 Å². The van der Waals surface area contributed by atoms with Gasteiger partial charge in [0.2, 0.25) is 0 Å². The highest BCUT2D eigenvalue weighted by molar-refractivity contribution is 5.87. The lowest BCUT2D eigenvalue weighted by molar-refractivity contribution is 1.09. The number of pyridine rings is 2. The number of hydrogen-bond donors (Lipinski definition) is 3. The molecule has 3 aromatic heterocycles. The van der Waals surface area contributed by atoms with Crippen LogP contribution < -0.4 is 11.5 Å². The van der Waals surface area contributed by atoms with E-state index >= 15 is 0 Å². The lowest BCUT2D eigenvalue weighted by atomic mass is 10.1. The van der Waals surface area contributed by atoms with Crippen molar-refractivity contribution in [2.45, 2.75) is 0 Å². The fourth-order valence-corrected chi connectivity index (χ4v) is 1.71. The minimum absolute atomic E-state index is 0.436. The van der Waals surface area contributed by atoms with E-state index in [4.69, 9.17) is 11.5 Å². The Balaban J connectivity index is 2.28. The lowest BCUT2D eigenvalue weighted by Crippen LogP contribution is -1.96. The Morgan fingerprint density at radius 2 is 1.94 bits per heavy atom. The number of anilines is 2. The summed E-state index contributed by atoms with van der Waals surface area (Å²) in [5.74, 6) is 0.436. The molecule has 0 aliphatic heterocycles. The second-order valence-corrected chi connectivity index (χ2v) is 3.72. The highest BCUT2D eigenvalue weighted by Crippen LogP contribution is 2.26. The van der Waals surface area contributed by atoms with Gasteiger partial charge in [0.05, 0.1) is 29.1 Å². The average Bonchev–Trinajstić information content (AvgIpc) is 2.81. The van der Waals surface area contributed by atoms with Gasteiger partial charge in [0.1, 0.15) is 5.82 Å². The van der Waals surface area contributed by atoms with Crippen LogP contribution in [0.4, 0.5) is 11.5 Å². The third-order valence-electron chi connectivity index (χ3n) is 2.53. The van der Waals surface area contributed by atoms with E-state index in [9.17, 15) is 0 Å². The number of aromatic amines is 1. The number of nitrogens with zero attached hydrogens (tertiary/aromatic N) is 3. The van der Waals surface area contributed by atoms with E-state index in [0.29, 0.717) is 17.0 Å². The third kappa shape index (κ3) is 1.55. The quantitative estimate of drug-likeness (QED) is 0.577. The van der Waals surface area contributed by atoms with E-state index < -0.39 is 0 Å². The first-order valence-corrected chi connectivity index (χ1v) is 5.05. The molecule has 0 unspecified atom stereocenters. The predicted molar refractivity (Wildman–Crippen MR) is 65.9 cm³/mol. The maximum atomic E-state index is 5.91. The van der Waals surface area contributed by atoms with Crippen molar-refractivity contribution in [1.82, 2.24) is 20.2 Å². The summed E-state index contributed by atoms with van der Waals surface area (Å²) in [6.45, 7) is 0. The van der Waals surface area contributed by atoms with E-state index in [1.807, 2.05) is 6.07 Å². The number of aromatic nitrogens is 4. The van der Waals surface area contributed by atoms with Crippen molar-refractivity contribution < 1.29 is 0 Å². The molecule has 0 aromatic carbocycles.